The van der Waals surface area contributed by atoms with Crippen LogP contribution in [0, 0.1) is 5.41 Å². The third-order valence-electron chi connectivity index (χ3n) is 2.83. The minimum atomic E-state index is -0.140. The van der Waals surface area contributed by atoms with Gasteiger partial charge in [0.05, 0.1) is 0 Å². The smallest absolute Gasteiger partial charge is 0.282 e. The maximum atomic E-state index is 11.9. The first-order valence-corrected chi connectivity index (χ1v) is 7.15. The maximum absolute atomic E-state index is 11.9. The molecule has 1 heterocycles. The van der Waals surface area contributed by atoms with Crippen molar-refractivity contribution in [3.63, 3.8) is 0 Å². The zero-order valence-electron chi connectivity index (χ0n) is 11.5. The van der Waals surface area contributed by atoms with Crippen molar-refractivity contribution in [1.82, 2.24) is 15.5 Å². The van der Waals surface area contributed by atoms with E-state index < -0.39 is 0 Å². The molecule has 0 spiro atoms. The summed E-state index contributed by atoms with van der Waals surface area (Å²) in [6.45, 7) is 9.94. The van der Waals surface area contributed by atoms with Gasteiger partial charge in [0.15, 0.2) is 0 Å². The summed E-state index contributed by atoms with van der Waals surface area (Å²) in [6, 6.07) is 0. The van der Waals surface area contributed by atoms with E-state index in [2.05, 4.69) is 48.5 Å². The number of nitrogens with zero attached hydrogens (tertiary/aromatic N) is 2. The number of nitrogens with one attached hydrogen (secondary N) is 2. The van der Waals surface area contributed by atoms with E-state index in [1.807, 2.05) is 0 Å². The van der Waals surface area contributed by atoms with Crippen LogP contribution in [0.25, 0.3) is 0 Å². The molecule has 0 saturated heterocycles. The molecule has 0 aliphatic carbocycles. The molecule has 1 amide bonds. The second-order valence-electron chi connectivity index (χ2n) is 5.04. The van der Waals surface area contributed by atoms with Gasteiger partial charge in [-0.15, -0.1) is 10.2 Å². The fraction of sp³-hybridized carbons (Fsp3) is 0.750. The van der Waals surface area contributed by atoms with Crippen molar-refractivity contribution in [3.8, 4) is 0 Å². The first-order valence-electron chi connectivity index (χ1n) is 6.34. The molecule has 1 rings (SSSR count). The lowest BCUT2D eigenvalue weighted by atomic mass is 9.90. The third-order valence-corrected chi connectivity index (χ3v) is 3.71. The Balaban J connectivity index is 2.49. The second-order valence-corrected chi connectivity index (χ2v) is 6.02. The van der Waals surface area contributed by atoms with E-state index in [9.17, 15) is 4.79 Å². The van der Waals surface area contributed by atoms with Gasteiger partial charge in [-0.3, -0.25) is 4.79 Å². The van der Waals surface area contributed by atoms with Crippen molar-refractivity contribution in [2.45, 2.75) is 40.5 Å². The first kappa shape index (κ1) is 14.9. The van der Waals surface area contributed by atoms with Gasteiger partial charge < -0.3 is 10.6 Å². The van der Waals surface area contributed by atoms with Crippen LogP contribution in [0.15, 0.2) is 0 Å². The van der Waals surface area contributed by atoms with Gasteiger partial charge in [-0.25, -0.2) is 0 Å². The highest BCUT2D eigenvalue weighted by Crippen LogP contribution is 2.19. The molecule has 2 N–H and O–H groups in total. The number of carbonyl (C=O) groups is 1. The number of carbonyl (C=O) groups excluding carboxylic acids is 1. The van der Waals surface area contributed by atoms with Gasteiger partial charge in [0.2, 0.25) is 10.1 Å². The fourth-order valence-corrected chi connectivity index (χ4v) is 1.82. The van der Waals surface area contributed by atoms with Gasteiger partial charge in [-0.1, -0.05) is 39.0 Å². The van der Waals surface area contributed by atoms with Gasteiger partial charge in [0, 0.05) is 13.1 Å². The molecule has 0 fully saturated rings. The van der Waals surface area contributed by atoms with Crippen LogP contribution in [0.3, 0.4) is 0 Å². The predicted octanol–water partition coefficient (Wildman–Crippen LogP) is 2.53. The number of hydrogen-bond acceptors (Lipinski definition) is 5. The first-order chi connectivity index (χ1) is 8.48. The van der Waals surface area contributed by atoms with Crippen LogP contribution in [-0.2, 0) is 0 Å². The van der Waals surface area contributed by atoms with Crippen molar-refractivity contribution in [2.24, 2.45) is 5.41 Å². The maximum Gasteiger partial charge on any atom is 0.282 e. The van der Waals surface area contributed by atoms with Crippen LogP contribution in [0.2, 0.25) is 0 Å². The molecule has 0 radical (unpaired) electrons. The third kappa shape index (κ3) is 4.60. The van der Waals surface area contributed by atoms with E-state index in [1.54, 1.807) is 0 Å². The van der Waals surface area contributed by atoms with Crippen LogP contribution < -0.4 is 10.6 Å². The Morgan fingerprint density at radius 1 is 1.33 bits per heavy atom. The summed E-state index contributed by atoms with van der Waals surface area (Å²) in [6.07, 6.45) is 2.04. The largest absolute Gasteiger partial charge is 0.360 e. The van der Waals surface area contributed by atoms with Crippen LogP contribution in [0.1, 0.15) is 50.3 Å². The Morgan fingerprint density at radius 2 is 2.06 bits per heavy atom. The van der Waals surface area contributed by atoms with Gasteiger partial charge in [-0.2, -0.15) is 0 Å². The summed E-state index contributed by atoms with van der Waals surface area (Å²) in [5.74, 6) is -0.140. The number of hydrogen-bond donors (Lipinski definition) is 2. The quantitative estimate of drug-likeness (QED) is 0.799. The van der Waals surface area contributed by atoms with E-state index in [4.69, 9.17) is 0 Å². The molecule has 5 nitrogen and oxygen atoms in total. The van der Waals surface area contributed by atoms with E-state index in [0.29, 0.717) is 16.7 Å². The molecule has 0 bridgehead atoms. The summed E-state index contributed by atoms with van der Waals surface area (Å²) in [7, 11) is 0. The Kier molecular flexibility index (Phi) is 5.53. The van der Waals surface area contributed by atoms with Crippen molar-refractivity contribution < 1.29 is 4.79 Å². The molecule has 0 aliphatic rings. The molecule has 6 heteroatoms. The minimum absolute atomic E-state index is 0.115. The van der Waals surface area contributed by atoms with Crippen molar-refractivity contribution in [3.05, 3.63) is 5.01 Å². The Labute approximate surface area is 112 Å². The summed E-state index contributed by atoms with van der Waals surface area (Å²) in [4.78, 5) is 11.9. The molecule has 0 saturated carbocycles. The fourth-order valence-electron chi connectivity index (χ4n) is 1.14. The van der Waals surface area contributed by atoms with Crippen molar-refractivity contribution in [1.29, 1.82) is 0 Å². The lowest BCUT2D eigenvalue weighted by molar-refractivity contribution is 0.0934. The molecular weight excluding hydrogens is 248 g/mol. The standard InChI is InChI=1S/C12H22N4OS/c1-5-7-13-11-16-15-10(18-11)9(17)14-8-12(3,4)6-2/h5-8H2,1-4H3,(H,13,16)(H,14,17). The van der Waals surface area contributed by atoms with E-state index in [-0.39, 0.29) is 11.3 Å². The minimum Gasteiger partial charge on any atom is -0.360 e. The number of aromatic nitrogens is 2. The van der Waals surface area contributed by atoms with Crippen LogP contribution >= 0.6 is 11.3 Å². The van der Waals surface area contributed by atoms with Gasteiger partial charge in [0.25, 0.3) is 5.91 Å². The van der Waals surface area contributed by atoms with Crippen molar-refractivity contribution in [2.75, 3.05) is 18.4 Å². The molecule has 1 aromatic heterocycles. The van der Waals surface area contributed by atoms with E-state index in [1.165, 1.54) is 11.3 Å². The summed E-state index contributed by atoms with van der Waals surface area (Å²) >= 11 is 1.29. The normalized spacial score (nSPS) is 11.3. The van der Waals surface area contributed by atoms with Gasteiger partial charge in [-0.05, 0) is 18.3 Å². The molecule has 0 unspecified atom stereocenters. The van der Waals surface area contributed by atoms with Gasteiger partial charge >= 0.3 is 0 Å². The Hall–Kier alpha value is -1.17. The molecule has 18 heavy (non-hydrogen) atoms. The molecule has 0 aliphatic heterocycles. The zero-order chi connectivity index (χ0) is 13.6. The summed E-state index contributed by atoms with van der Waals surface area (Å²) in [5.41, 5.74) is 0.115. The van der Waals surface area contributed by atoms with E-state index in [0.717, 1.165) is 19.4 Å². The summed E-state index contributed by atoms with van der Waals surface area (Å²) in [5, 5.41) is 15.0. The van der Waals surface area contributed by atoms with Crippen LogP contribution in [0.4, 0.5) is 5.13 Å². The zero-order valence-corrected chi connectivity index (χ0v) is 12.4. The Bertz CT molecular complexity index is 389. The molecule has 0 atom stereocenters. The topological polar surface area (TPSA) is 66.9 Å². The SMILES string of the molecule is CCCNc1nnc(C(=O)NCC(C)(C)CC)s1. The molecule has 1 aromatic rings. The summed E-state index contributed by atoms with van der Waals surface area (Å²) < 4.78 is 0. The van der Waals surface area contributed by atoms with Crippen LogP contribution in [0.5, 0.6) is 0 Å². The molecule has 0 aromatic carbocycles. The predicted molar refractivity (Wildman–Crippen MR) is 75.1 cm³/mol. The highest BCUT2D eigenvalue weighted by molar-refractivity contribution is 7.17. The van der Waals surface area contributed by atoms with Crippen LogP contribution in [-0.4, -0.2) is 29.2 Å². The Morgan fingerprint density at radius 3 is 2.67 bits per heavy atom. The molecule has 102 valence electrons. The lowest BCUT2D eigenvalue weighted by Crippen LogP contribution is -2.33. The number of anilines is 1. The number of amides is 1. The van der Waals surface area contributed by atoms with Crippen molar-refractivity contribution >= 4 is 22.4 Å². The average molecular weight is 270 g/mol. The second kappa shape index (κ2) is 6.68. The molecular formula is C12H22N4OS. The van der Waals surface area contributed by atoms with Gasteiger partial charge in [0.1, 0.15) is 0 Å². The monoisotopic (exact) mass is 270 g/mol. The van der Waals surface area contributed by atoms with E-state index >= 15 is 0 Å². The lowest BCUT2D eigenvalue weighted by Gasteiger charge is -2.22. The average Bonchev–Trinajstić information content (AvgIpc) is 2.82. The number of rotatable bonds is 7. The highest BCUT2D eigenvalue weighted by Gasteiger charge is 2.18. The highest BCUT2D eigenvalue weighted by atomic mass is 32.1.